The fourth-order valence-corrected chi connectivity index (χ4v) is 8.41. The number of aliphatic imine (C=N–C) groups is 1. The summed E-state index contributed by atoms with van der Waals surface area (Å²) in [5.41, 5.74) is 0. The lowest BCUT2D eigenvalue weighted by atomic mass is 10.0. The lowest BCUT2D eigenvalue weighted by molar-refractivity contribution is 0.122. The molecule has 45 heavy (non-hydrogen) atoms. The number of hydrogen-bond acceptors (Lipinski definition) is 5. The Morgan fingerprint density at radius 3 is 0.756 bits per heavy atom. The van der Waals surface area contributed by atoms with Gasteiger partial charge >= 0.3 is 8.80 Å². The van der Waals surface area contributed by atoms with E-state index in [1.807, 2.05) is 0 Å². The molecule has 0 aliphatic rings. The maximum absolute atomic E-state index is 10.0. The molecule has 5 nitrogen and oxygen atoms in total. The third-order valence-corrected chi connectivity index (χ3v) is 12.6. The summed E-state index contributed by atoms with van der Waals surface area (Å²) in [6.45, 7) is 0.665. The Morgan fingerprint density at radius 2 is 0.556 bits per heavy atom. The minimum Gasteiger partial charge on any atom is -0.377 e. The molecule has 0 amide bonds. The first-order valence-corrected chi connectivity index (χ1v) is 21.9. The van der Waals surface area contributed by atoms with E-state index in [1.165, 1.54) is 199 Å². The highest BCUT2D eigenvalue weighted by Gasteiger charge is 2.36. The number of unbranched alkanes of at least 4 members (excludes halogenated alkanes) is 32. The van der Waals surface area contributed by atoms with E-state index in [1.54, 1.807) is 27.4 Å². The number of isocyanates is 1. The molecule has 0 unspecified atom stereocenters. The highest BCUT2D eigenvalue weighted by atomic mass is 28.4. The van der Waals surface area contributed by atoms with E-state index in [0.29, 0.717) is 6.54 Å². The van der Waals surface area contributed by atoms with Crippen LogP contribution in [0.2, 0.25) is 6.04 Å². The van der Waals surface area contributed by atoms with Gasteiger partial charge in [0, 0.05) is 27.4 Å². The minimum absolute atomic E-state index is 0.665. The van der Waals surface area contributed by atoms with Crippen LogP contribution in [0, 0.1) is 0 Å². The Balaban J connectivity index is 3.12. The number of nitrogens with zero attached hydrogens (tertiary/aromatic N) is 1. The third kappa shape index (κ3) is 33.2. The molecule has 0 saturated carbocycles. The summed E-state index contributed by atoms with van der Waals surface area (Å²) in [6.07, 6.45) is 47.7. The van der Waals surface area contributed by atoms with E-state index in [4.69, 9.17) is 13.3 Å². The molecule has 268 valence electrons. The van der Waals surface area contributed by atoms with E-state index >= 15 is 0 Å². The smallest absolute Gasteiger partial charge is 0.377 e. The second-order valence-electron chi connectivity index (χ2n) is 13.7. The van der Waals surface area contributed by atoms with Crippen LogP contribution in [-0.2, 0) is 18.1 Å². The Labute approximate surface area is 283 Å². The molecule has 0 bridgehead atoms. The van der Waals surface area contributed by atoms with Gasteiger partial charge in [-0.25, -0.2) is 9.79 Å². The van der Waals surface area contributed by atoms with Crippen molar-refractivity contribution >= 4 is 14.9 Å². The molecule has 0 aromatic heterocycles. The molecular weight excluding hydrogens is 575 g/mol. The van der Waals surface area contributed by atoms with Crippen molar-refractivity contribution in [2.24, 2.45) is 4.99 Å². The molecule has 0 N–H and O–H groups in total. The average Bonchev–Trinajstić information content (AvgIpc) is 3.06. The van der Waals surface area contributed by atoms with Crippen LogP contribution in [0.5, 0.6) is 0 Å². The summed E-state index contributed by atoms with van der Waals surface area (Å²) in [5, 5.41) is 0. The van der Waals surface area contributed by atoms with Crippen molar-refractivity contribution in [3.8, 4) is 0 Å². The first-order chi connectivity index (χ1) is 22.2. The highest BCUT2D eigenvalue weighted by molar-refractivity contribution is 6.60. The van der Waals surface area contributed by atoms with E-state index in [9.17, 15) is 4.79 Å². The summed E-state index contributed by atoms with van der Waals surface area (Å²) in [4.78, 5) is 13.6. The van der Waals surface area contributed by atoms with Gasteiger partial charge in [-0.1, -0.05) is 199 Å². The molecule has 0 heterocycles. The Morgan fingerprint density at radius 1 is 0.356 bits per heavy atom. The van der Waals surface area contributed by atoms with Crippen molar-refractivity contribution in [2.45, 2.75) is 218 Å². The van der Waals surface area contributed by atoms with Crippen LogP contribution in [-0.4, -0.2) is 42.8 Å². The largest absolute Gasteiger partial charge is 0.500 e. The van der Waals surface area contributed by atoms with Gasteiger partial charge in [0.2, 0.25) is 6.08 Å². The van der Waals surface area contributed by atoms with E-state index in [-0.39, 0.29) is 0 Å². The zero-order valence-corrected chi connectivity index (χ0v) is 31.8. The van der Waals surface area contributed by atoms with Gasteiger partial charge in [0.05, 0.1) is 6.54 Å². The summed E-state index contributed by atoms with van der Waals surface area (Å²) in [5.74, 6) is 0. The zero-order chi connectivity index (χ0) is 32.8. The predicted molar refractivity (Wildman–Crippen MR) is 197 cm³/mol. The zero-order valence-electron chi connectivity index (χ0n) is 30.8. The van der Waals surface area contributed by atoms with Gasteiger partial charge < -0.3 is 13.3 Å². The van der Waals surface area contributed by atoms with Gasteiger partial charge in [0.15, 0.2) is 0 Å². The maximum atomic E-state index is 10.0. The summed E-state index contributed by atoms with van der Waals surface area (Å²) < 4.78 is 16.5. The van der Waals surface area contributed by atoms with Crippen LogP contribution in [0.15, 0.2) is 4.99 Å². The van der Waals surface area contributed by atoms with E-state index in [2.05, 4.69) is 4.99 Å². The van der Waals surface area contributed by atoms with E-state index in [0.717, 1.165) is 18.9 Å². The molecule has 0 aliphatic heterocycles. The molecule has 0 aromatic carbocycles. The topological polar surface area (TPSA) is 57.1 Å². The second kappa shape index (κ2) is 37.9. The van der Waals surface area contributed by atoms with Gasteiger partial charge in [0.25, 0.3) is 0 Å². The molecule has 0 aliphatic carbocycles. The molecule has 0 spiro atoms. The lowest BCUT2D eigenvalue weighted by Crippen LogP contribution is -2.42. The van der Waals surface area contributed by atoms with Crippen molar-refractivity contribution in [1.82, 2.24) is 0 Å². The fraction of sp³-hybridized carbons (Fsp3) is 0.974. The lowest BCUT2D eigenvalue weighted by Gasteiger charge is -2.24. The van der Waals surface area contributed by atoms with Crippen molar-refractivity contribution in [2.75, 3.05) is 27.9 Å². The molecular formula is C39H79NO4Si. The van der Waals surface area contributed by atoms with Crippen LogP contribution in [0.4, 0.5) is 0 Å². The van der Waals surface area contributed by atoms with Crippen molar-refractivity contribution < 1.29 is 18.1 Å². The van der Waals surface area contributed by atoms with Gasteiger partial charge in [0.1, 0.15) is 0 Å². The molecule has 0 rings (SSSR count). The maximum Gasteiger partial charge on any atom is 0.500 e. The minimum atomic E-state index is -2.35. The quantitative estimate of drug-likeness (QED) is 0.0287. The van der Waals surface area contributed by atoms with E-state index < -0.39 is 8.80 Å². The molecule has 0 saturated heterocycles. The Hall–Kier alpha value is -0.523. The summed E-state index contributed by atoms with van der Waals surface area (Å²) >= 11 is 0. The van der Waals surface area contributed by atoms with Crippen molar-refractivity contribution in [3.63, 3.8) is 0 Å². The van der Waals surface area contributed by atoms with Crippen LogP contribution in [0.1, 0.15) is 212 Å². The van der Waals surface area contributed by atoms with Crippen LogP contribution in [0.3, 0.4) is 0 Å². The van der Waals surface area contributed by atoms with Crippen LogP contribution < -0.4 is 0 Å². The highest BCUT2D eigenvalue weighted by Crippen LogP contribution is 2.19. The standard InChI is InChI=1S/C39H79NO4Si/c1-42-45(43-2,44-3)38-36-34-32-30-28-26-24-22-20-18-16-14-12-10-8-6-4-5-7-9-11-13-15-17-19-21-23-25-27-29-31-33-35-37-40-39-41/h4-38H2,1-3H3. The van der Waals surface area contributed by atoms with Gasteiger partial charge in [-0.3, -0.25) is 0 Å². The molecule has 6 heteroatoms. The van der Waals surface area contributed by atoms with Crippen LogP contribution in [0.25, 0.3) is 0 Å². The third-order valence-electron chi connectivity index (χ3n) is 9.75. The molecule has 0 atom stereocenters. The monoisotopic (exact) mass is 654 g/mol. The first kappa shape index (κ1) is 44.5. The molecule has 0 aromatic rings. The van der Waals surface area contributed by atoms with Crippen molar-refractivity contribution in [3.05, 3.63) is 0 Å². The summed E-state index contributed by atoms with van der Waals surface area (Å²) in [7, 11) is 2.77. The fourth-order valence-electron chi connectivity index (χ4n) is 6.61. The van der Waals surface area contributed by atoms with Gasteiger partial charge in [-0.15, -0.1) is 0 Å². The number of carbonyl (C=O) groups excluding carboxylic acids is 1. The van der Waals surface area contributed by atoms with Gasteiger partial charge in [-0.2, -0.15) is 0 Å². The molecule has 0 fully saturated rings. The average molecular weight is 654 g/mol. The Kier molecular flexibility index (Phi) is 37.5. The van der Waals surface area contributed by atoms with Crippen molar-refractivity contribution in [1.29, 1.82) is 0 Å². The normalized spacial score (nSPS) is 11.7. The number of hydrogen-bond donors (Lipinski definition) is 0. The number of rotatable bonds is 39. The Bertz CT molecular complexity index is 602. The first-order valence-electron chi connectivity index (χ1n) is 19.9. The molecule has 0 radical (unpaired) electrons. The SMILES string of the molecule is CO[Si](CCCCCCCCCCCCCCCCCCCCCCCCCCCCCCCCCCCN=C=O)(OC)OC. The van der Waals surface area contributed by atoms with Gasteiger partial charge in [-0.05, 0) is 12.8 Å². The predicted octanol–water partition coefficient (Wildman–Crippen LogP) is 13.1. The van der Waals surface area contributed by atoms with Crippen LogP contribution >= 0.6 is 0 Å². The summed E-state index contributed by atoms with van der Waals surface area (Å²) in [6, 6.07) is 0.935. The second-order valence-corrected chi connectivity index (χ2v) is 16.8.